The summed E-state index contributed by atoms with van der Waals surface area (Å²) in [6.07, 6.45) is 3.90. The highest BCUT2D eigenvalue weighted by Crippen LogP contribution is 2.22. The summed E-state index contributed by atoms with van der Waals surface area (Å²) in [6, 6.07) is 15.0. The molecule has 4 heteroatoms. The molecule has 1 unspecified atom stereocenters. The van der Waals surface area contributed by atoms with Crippen molar-refractivity contribution in [1.82, 2.24) is 10.3 Å². The molecule has 1 amide bonds. The van der Waals surface area contributed by atoms with Gasteiger partial charge in [-0.15, -0.1) is 0 Å². The summed E-state index contributed by atoms with van der Waals surface area (Å²) in [7, 11) is 0. The Balaban J connectivity index is 1.70. The van der Waals surface area contributed by atoms with Gasteiger partial charge in [0.2, 0.25) is 5.91 Å². The lowest BCUT2D eigenvalue weighted by Gasteiger charge is -2.16. The quantitative estimate of drug-likeness (QED) is 0.722. The average molecular weight is 332 g/mol. The summed E-state index contributed by atoms with van der Waals surface area (Å²) in [6.45, 7) is 3.49. The summed E-state index contributed by atoms with van der Waals surface area (Å²) in [5.41, 5.74) is 2.53. The maximum atomic E-state index is 12.4. The van der Waals surface area contributed by atoms with E-state index in [9.17, 15) is 9.59 Å². The number of pyridine rings is 1. The lowest BCUT2D eigenvalue weighted by atomic mass is 10.0. The monoisotopic (exact) mass is 332 g/mol. The van der Waals surface area contributed by atoms with E-state index < -0.39 is 0 Å². The molecular weight excluding hydrogens is 312 g/mol. The number of amides is 1. The van der Waals surface area contributed by atoms with Crippen molar-refractivity contribution in [2.75, 3.05) is 0 Å². The van der Waals surface area contributed by atoms with Crippen LogP contribution < -0.4 is 5.32 Å². The molecule has 3 aromatic rings. The highest BCUT2D eigenvalue weighted by atomic mass is 16.1. The van der Waals surface area contributed by atoms with Crippen LogP contribution in [0.4, 0.5) is 0 Å². The molecule has 1 atom stereocenters. The maximum absolute atomic E-state index is 12.4. The highest BCUT2D eigenvalue weighted by molar-refractivity contribution is 5.94. The topological polar surface area (TPSA) is 59.1 Å². The van der Waals surface area contributed by atoms with E-state index in [4.69, 9.17) is 0 Å². The number of benzene rings is 2. The number of fused-ring (bicyclic) bond motifs is 1. The number of nitrogens with zero attached hydrogens (tertiary/aromatic N) is 1. The van der Waals surface area contributed by atoms with Gasteiger partial charge in [0.05, 0.1) is 12.5 Å². The lowest BCUT2D eigenvalue weighted by Crippen LogP contribution is -2.28. The van der Waals surface area contributed by atoms with Gasteiger partial charge in [0.1, 0.15) is 0 Å². The van der Waals surface area contributed by atoms with Crippen molar-refractivity contribution in [2.45, 2.75) is 26.3 Å². The van der Waals surface area contributed by atoms with E-state index >= 15 is 0 Å². The molecule has 0 aliphatic heterocycles. The van der Waals surface area contributed by atoms with Crippen LogP contribution in [0, 0.1) is 0 Å². The van der Waals surface area contributed by atoms with Crippen molar-refractivity contribution in [1.29, 1.82) is 0 Å². The van der Waals surface area contributed by atoms with Gasteiger partial charge in [-0.25, -0.2) is 0 Å². The second kappa shape index (κ2) is 7.26. The molecule has 4 nitrogen and oxygen atoms in total. The first kappa shape index (κ1) is 16.8. The number of carbonyl (C=O) groups is 2. The summed E-state index contributed by atoms with van der Waals surface area (Å²) >= 11 is 0. The zero-order valence-electron chi connectivity index (χ0n) is 14.3. The smallest absolute Gasteiger partial charge is 0.224 e. The van der Waals surface area contributed by atoms with E-state index in [2.05, 4.69) is 10.3 Å². The van der Waals surface area contributed by atoms with Crippen LogP contribution in [0.2, 0.25) is 0 Å². The second-order valence-corrected chi connectivity index (χ2v) is 6.17. The number of rotatable bonds is 5. The molecular formula is C21H20N2O2. The van der Waals surface area contributed by atoms with E-state index in [0.29, 0.717) is 5.56 Å². The number of nitrogens with one attached hydrogen (secondary N) is 1. The minimum Gasteiger partial charge on any atom is -0.349 e. The summed E-state index contributed by atoms with van der Waals surface area (Å²) in [5.74, 6) is -0.0379. The Hall–Kier alpha value is -3.01. The van der Waals surface area contributed by atoms with E-state index in [1.54, 1.807) is 18.3 Å². The van der Waals surface area contributed by atoms with Crippen LogP contribution in [-0.2, 0) is 11.2 Å². The lowest BCUT2D eigenvalue weighted by molar-refractivity contribution is -0.121. The normalized spacial score (nSPS) is 11.9. The third-order valence-electron chi connectivity index (χ3n) is 4.27. The van der Waals surface area contributed by atoms with Crippen LogP contribution in [0.5, 0.6) is 0 Å². The number of hydrogen-bond acceptors (Lipinski definition) is 3. The molecule has 0 fully saturated rings. The molecule has 0 radical (unpaired) electrons. The van der Waals surface area contributed by atoms with Crippen molar-refractivity contribution in [3.63, 3.8) is 0 Å². The molecule has 126 valence electrons. The SMILES string of the molecule is CC(=O)c1ccc(CC(=O)NC(C)c2cncc3ccccc23)cc1. The number of carbonyl (C=O) groups excluding carboxylic acids is 2. The third kappa shape index (κ3) is 3.91. The van der Waals surface area contributed by atoms with Crippen molar-refractivity contribution >= 4 is 22.5 Å². The Kier molecular flexibility index (Phi) is 4.89. The van der Waals surface area contributed by atoms with Gasteiger partial charge in [-0.3, -0.25) is 14.6 Å². The van der Waals surface area contributed by atoms with Gasteiger partial charge in [0.25, 0.3) is 0 Å². The summed E-state index contributed by atoms with van der Waals surface area (Å²) in [4.78, 5) is 27.9. The fourth-order valence-corrected chi connectivity index (χ4v) is 2.90. The fraction of sp³-hybridized carbons (Fsp3) is 0.190. The molecule has 0 aliphatic rings. The van der Waals surface area contributed by atoms with E-state index in [0.717, 1.165) is 21.9 Å². The van der Waals surface area contributed by atoms with Gasteiger partial charge in [-0.05, 0) is 24.8 Å². The van der Waals surface area contributed by atoms with Gasteiger partial charge >= 0.3 is 0 Å². The van der Waals surface area contributed by atoms with Crippen LogP contribution in [0.3, 0.4) is 0 Å². The van der Waals surface area contributed by atoms with Crippen molar-refractivity contribution in [3.8, 4) is 0 Å². The van der Waals surface area contributed by atoms with Crippen molar-refractivity contribution in [3.05, 3.63) is 77.6 Å². The molecule has 0 saturated carbocycles. The number of aromatic nitrogens is 1. The minimum atomic E-state index is -0.136. The highest BCUT2D eigenvalue weighted by Gasteiger charge is 2.13. The largest absolute Gasteiger partial charge is 0.349 e. The van der Waals surface area contributed by atoms with Crippen molar-refractivity contribution in [2.24, 2.45) is 0 Å². The summed E-state index contributed by atoms with van der Waals surface area (Å²) < 4.78 is 0. The Morgan fingerprint density at radius 1 is 1.04 bits per heavy atom. The molecule has 25 heavy (non-hydrogen) atoms. The van der Waals surface area contributed by atoms with Crippen molar-refractivity contribution < 1.29 is 9.59 Å². The van der Waals surface area contributed by atoms with Gasteiger partial charge in [-0.2, -0.15) is 0 Å². The second-order valence-electron chi connectivity index (χ2n) is 6.17. The van der Waals surface area contributed by atoms with E-state index in [-0.39, 0.29) is 24.2 Å². The predicted molar refractivity (Wildman–Crippen MR) is 98.5 cm³/mol. The molecule has 2 aromatic carbocycles. The molecule has 0 saturated heterocycles. The molecule has 3 rings (SSSR count). The van der Waals surface area contributed by atoms with Crippen LogP contribution in [0.25, 0.3) is 10.8 Å². The number of hydrogen-bond donors (Lipinski definition) is 1. The summed E-state index contributed by atoms with van der Waals surface area (Å²) in [5, 5.41) is 5.18. The Morgan fingerprint density at radius 2 is 1.76 bits per heavy atom. The molecule has 0 aliphatic carbocycles. The standard InChI is InChI=1S/C21H20N2O2/c1-14(20-13-22-12-18-5-3-4-6-19(18)20)23-21(25)11-16-7-9-17(10-8-16)15(2)24/h3-10,12-14H,11H2,1-2H3,(H,23,25). The van der Waals surface area contributed by atoms with E-state index in [1.165, 1.54) is 6.92 Å². The maximum Gasteiger partial charge on any atom is 0.224 e. The van der Waals surface area contributed by atoms with E-state index in [1.807, 2.05) is 49.5 Å². The Morgan fingerprint density at radius 3 is 2.48 bits per heavy atom. The first-order valence-electron chi connectivity index (χ1n) is 8.26. The van der Waals surface area contributed by atoms with Gasteiger partial charge in [0, 0.05) is 28.9 Å². The molecule has 1 N–H and O–H groups in total. The van der Waals surface area contributed by atoms with Gasteiger partial charge in [0.15, 0.2) is 5.78 Å². The average Bonchev–Trinajstić information content (AvgIpc) is 2.61. The van der Waals surface area contributed by atoms with Crippen LogP contribution in [0.15, 0.2) is 60.9 Å². The Labute approximate surface area is 146 Å². The minimum absolute atomic E-state index is 0.0214. The number of Topliss-reactive ketones (excluding diaryl/α,β-unsaturated/α-hetero) is 1. The third-order valence-corrected chi connectivity index (χ3v) is 4.27. The molecule has 1 aromatic heterocycles. The molecule has 0 bridgehead atoms. The van der Waals surface area contributed by atoms with Gasteiger partial charge in [-0.1, -0.05) is 48.5 Å². The number of ketones is 1. The first-order chi connectivity index (χ1) is 12.0. The molecule has 1 heterocycles. The van der Waals surface area contributed by atoms with Crippen LogP contribution >= 0.6 is 0 Å². The first-order valence-corrected chi connectivity index (χ1v) is 8.26. The fourth-order valence-electron chi connectivity index (χ4n) is 2.90. The van der Waals surface area contributed by atoms with Gasteiger partial charge < -0.3 is 5.32 Å². The molecule has 0 spiro atoms. The zero-order valence-corrected chi connectivity index (χ0v) is 14.3. The van der Waals surface area contributed by atoms with Crippen LogP contribution in [0.1, 0.15) is 41.4 Å². The predicted octanol–water partition coefficient (Wildman–Crippen LogP) is 3.86. The zero-order chi connectivity index (χ0) is 17.8. The van der Waals surface area contributed by atoms with Crippen LogP contribution in [-0.4, -0.2) is 16.7 Å². The Bertz CT molecular complexity index is 911.